The van der Waals surface area contributed by atoms with Gasteiger partial charge in [0.15, 0.2) is 0 Å². The number of hydrogen-bond donors (Lipinski definition) is 1. The molecule has 0 aromatic carbocycles. The van der Waals surface area contributed by atoms with Gasteiger partial charge in [0.25, 0.3) is 0 Å². The first-order valence-electron chi connectivity index (χ1n) is 7.53. The maximum Gasteiger partial charge on any atom is 0.231 e. The smallest absolute Gasteiger partial charge is 0.231 e. The van der Waals surface area contributed by atoms with E-state index in [0.717, 1.165) is 32.7 Å². The van der Waals surface area contributed by atoms with Crippen molar-refractivity contribution in [3.8, 4) is 0 Å². The van der Waals surface area contributed by atoms with Crippen molar-refractivity contribution in [3.63, 3.8) is 0 Å². The van der Waals surface area contributed by atoms with Crippen LogP contribution in [0.15, 0.2) is 4.52 Å². The lowest BCUT2D eigenvalue weighted by Crippen LogP contribution is -2.39. The number of aromatic nitrogens is 2. The maximum absolute atomic E-state index is 5.79. The zero-order valence-electron chi connectivity index (χ0n) is 12.7. The van der Waals surface area contributed by atoms with Crippen molar-refractivity contribution in [2.24, 2.45) is 11.7 Å². The number of nitrogens with zero attached hydrogens (tertiary/aromatic N) is 3. The van der Waals surface area contributed by atoms with Gasteiger partial charge < -0.3 is 15.0 Å². The molecule has 1 aliphatic rings. The van der Waals surface area contributed by atoms with E-state index in [0.29, 0.717) is 24.2 Å². The van der Waals surface area contributed by atoms with Crippen LogP contribution in [0.2, 0.25) is 0 Å². The van der Waals surface area contributed by atoms with Crippen molar-refractivity contribution in [3.05, 3.63) is 11.7 Å². The van der Waals surface area contributed by atoms with Crippen LogP contribution in [0, 0.1) is 5.92 Å². The van der Waals surface area contributed by atoms with Crippen LogP contribution in [0.4, 0.5) is 0 Å². The Balaban J connectivity index is 2.04. The number of hydrogen-bond acceptors (Lipinski definition) is 6. The van der Waals surface area contributed by atoms with Gasteiger partial charge in [0.1, 0.15) is 6.10 Å². The van der Waals surface area contributed by atoms with E-state index in [9.17, 15) is 0 Å². The molecular formula is C14H26N4O2. The molecule has 1 saturated heterocycles. The molecule has 6 nitrogen and oxygen atoms in total. The summed E-state index contributed by atoms with van der Waals surface area (Å²) in [4.78, 5) is 6.89. The van der Waals surface area contributed by atoms with Crippen LogP contribution < -0.4 is 5.73 Å². The van der Waals surface area contributed by atoms with Crippen molar-refractivity contribution in [2.75, 3.05) is 32.8 Å². The zero-order chi connectivity index (χ0) is 14.5. The number of nitrogens with two attached hydrogens (primary N) is 1. The molecule has 1 aromatic heterocycles. The first kappa shape index (κ1) is 15.4. The third-order valence-electron chi connectivity index (χ3n) is 3.81. The van der Waals surface area contributed by atoms with Crippen molar-refractivity contribution in [1.29, 1.82) is 0 Å². The summed E-state index contributed by atoms with van der Waals surface area (Å²) in [7, 11) is 0. The standard InChI is InChI=1S/C14H26N4O2/c1-4-5-18-6-7-19-12(9-18)13-16-14(20-17-13)11(8-15)10(2)3/h10-12H,4-9,15H2,1-3H3. The molecule has 1 fully saturated rings. The Labute approximate surface area is 120 Å². The summed E-state index contributed by atoms with van der Waals surface area (Å²) in [6, 6.07) is 0. The molecule has 0 bridgehead atoms. The SMILES string of the molecule is CCCN1CCOC(c2noc(C(CN)C(C)C)n2)C1. The monoisotopic (exact) mass is 282 g/mol. The van der Waals surface area contributed by atoms with Crippen molar-refractivity contribution in [1.82, 2.24) is 15.0 Å². The Bertz CT molecular complexity index is 406. The molecule has 0 saturated carbocycles. The minimum Gasteiger partial charge on any atom is -0.367 e. The molecule has 0 aliphatic carbocycles. The molecule has 2 unspecified atom stereocenters. The number of rotatable bonds is 6. The van der Waals surface area contributed by atoms with Gasteiger partial charge in [-0.3, -0.25) is 4.90 Å². The Kier molecular flexibility index (Phi) is 5.51. The average molecular weight is 282 g/mol. The molecule has 1 aromatic rings. The lowest BCUT2D eigenvalue weighted by atomic mass is 9.96. The van der Waals surface area contributed by atoms with E-state index in [4.69, 9.17) is 15.0 Å². The molecule has 2 heterocycles. The fourth-order valence-electron chi connectivity index (χ4n) is 2.56. The number of ether oxygens (including phenoxy) is 1. The minimum atomic E-state index is -0.0848. The Morgan fingerprint density at radius 2 is 2.25 bits per heavy atom. The topological polar surface area (TPSA) is 77.4 Å². The lowest BCUT2D eigenvalue weighted by Gasteiger charge is -2.30. The van der Waals surface area contributed by atoms with Crippen molar-refractivity contribution >= 4 is 0 Å². The van der Waals surface area contributed by atoms with Gasteiger partial charge >= 0.3 is 0 Å². The van der Waals surface area contributed by atoms with Gasteiger partial charge in [0.2, 0.25) is 11.7 Å². The summed E-state index contributed by atoms with van der Waals surface area (Å²) < 4.78 is 11.2. The van der Waals surface area contributed by atoms with E-state index in [-0.39, 0.29) is 12.0 Å². The Morgan fingerprint density at radius 1 is 1.45 bits per heavy atom. The predicted octanol–water partition coefficient (Wildman–Crippen LogP) is 1.55. The molecule has 2 rings (SSSR count). The highest BCUT2D eigenvalue weighted by atomic mass is 16.5. The van der Waals surface area contributed by atoms with E-state index >= 15 is 0 Å². The molecule has 20 heavy (non-hydrogen) atoms. The molecule has 2 atom stereocenters. The van der Waals surface area contributed by atoms with Crippen LogP contribution in [0.1, 0.15) is 50.9 Å². The van der Waals surface area contributed by atoms with E-state index in [1.165, 1.54) is 0 Å². The highest BCUT2D eigenvalue weighted by molar-refractivity contribution is 4.99. The fourth-order valence-corrected chi connectivity index (χ4v) is 2.56. The van der Waals surface area contributed by atoms with Crippen LogP contribution >= 0.6 is 0 Å². The largest absolute Gasteiger partial charge is 0.367 e. The third-order valence-corrected chi connectivity index (χ3v) is 3.81. The zero-order valence-corrected chi connectivity index (χ0v) is 12.7. The van der Waals surface area contributed by atoms with Gasteiger partial charge in [-0.1, -0.05) is 25.9 Å². The second-order valence-electron chi connectivity index (χ2n) is 5.74. The van der Waals surface area contributed by atoms with E-state index in [1.54, 1.807) is 0 Å². The predicted molar refractivity (Wildman–Crippen MR) is 76.4 cm³/mol. The molecule has 2 N–H and O–H groups in total. The van der Waals surface area contributed by atoms with Crippen LogP contribution in [0.3, 0.4) is 0 Å². The van der Waals surface area contributed by atoms with E-state index in [2.05, 4.69) is 35.8 Å². The van der Waals surface area contributed by atoms with Crippen molar-refractivity contribution in [2.45, 2.75) is 39.2 Å². The molecule has 0 radical (unpaired) electrons. The molecule has 0 spiro atoms. The molecule has 114 valence electrons. The second kappa shape index (κ2) is 7.15. The summed E-state index contributed by atoms with van der Waals surface area (Å²) in [6.07, 6.45) is 1.06. The normalized spacial score (nSPS) is 22.4. The Morgan fingerprint density at radius 3 is 2.90 bits per heavy atom. The second-order valence-corrected chi connectivity index (χ2v) is 5.74. The highest BCUT2D eigenvalue weighted by Gasteiger charge is 2.28. The van der Waals surface area contributed by atoms with E-state index in [1.807, 2.05) is 0 Å². The van der Waals surface area contributed by atoms with E-state index < -0.39 is 0 Å². The third kappa shape index (κ3) is 3.56. The quantitative estimate of drug-likeness (QED) is 0.853. The van der Waals surface area contributed by atoms with Gasteiger partial charge in [-0.05, 0) is 18.9 Å². The average Bonchev–Trinajstić information content (AvgIpc) is 2.89. The van der Waals surface area contributed by atoms with Gasteiger partial charge in [-0.15, -0.1) is 0 Å². The minimum absolute atomic E-state index is 0.0848. The summed E-state index contributed by atoms with van der Waals surface area (Å²) in [6.45, 7) is 10.6. The van der Waals surface area contributed by atoms with Crippen molar-refractivity contribution < 1.29 is 9.26 Å². The van der Waals surface area contributed by atoms with Gasteiger partial charge in [0.05, 0.1) is 12.5 Å². The summed E-state index contributed by atoms with van der Waals surface area (Å²) >= 11 is 0. The molecular weight excluding hydrogens is 256 g/mol. The summed E-state index contributed by atoms with van der Waals surface area (Å²) in [5, 5.41) is 4.09. The summed E-state index contributed by atoms with van der Waals surface area (Å²) in [5.74, 6) is 1.79. The van der Waals surface area contributed by atoms with Crippen LogP contribution in [-0.2, 0) is 4.74 Å². The van der Waals surface area contributed by atoms with Crippen LogP contribution in [0.5, 0.6) is 0 Å². The fraction of sp³-hybridized carbons (Fsp3) is 0.857. The van der Waals surface area contributed by atoms with Crippen LogP contribution in [0.25, 0.3) is 0 Å². The first-order valence-corrected chi connectivity index (χ1v) is 7.53. The highest BCUT2D eigenvalue weighted by Crippen LogP contribution is 2.25. The number of morpholine rings is 1. The first-order chi connectivity index (χ1) is 9.65. The Hall–Kier alpha value is -0.980. The molecule has 1 aliphatic heterocycles. The van der Waals surface area contributed by atoms with Crippen LogP contribution in [-0.4, -0.2) is 47.8 Å². The summed E-state index contributed by atoms with van der Waals surface area (Å²) in [5.41, 5.74) is 5.79. The van der Waals surface area contributed by atoms with Gasteiger partial charge in [-0.2, -0.15) is 4.98 Å². The van der Waals surface area contributed by atoms with Gasteiger partial charge in [-0.25, -0.2) is 0 Å². The maximum atomic E-state index is 5.79. The molecule has 6 heteroatoms. The van der Waals surface area contributed by atoms with Gasteiger partial charge in [0, 0.05) is 19.6 Å². The lowest BCUT2D eigenvalue weighted by molar-refractivity contribution is -0.0350. The molecule has 0 amide bonds.